The Morgan fingerprint density at radius 2 is 2.18 bits per heavy atom. The zero-order chi connectivity index (χ0) is 11.5. The highest BCUT2D eigenvalue weighted by atomic mass is 32.1. The zero-order valence-corrected chi connectivity index (χ0v) is 10.7. The van der Waals surface area contributed by atoms with Crippen LogP contribution in [0.4, 0.5) is 5.82 Å². The molecule has 1 aliphatic heterocycles. The van der Waals surface area contributed by atoms with Gasteiger partial charge in [-0.2, -0.15) is 0 Å². The minimum atomic E-state index is 0.988. The maximum atomic E-state index is 4.42. The Morgan fingerprint density at radius 1 is 1.29 bits per heavy atom. The average molecular weight is 247 g/mol. The molecule has 17 heavy (non-hydrogen) atoms. The molecule has 1 N–H and O–H groups in total. The van der Waals surface area contributed by atoms with Crippen molar-refractivity contribution in [1.82, 2.24) is 9.88 Å². The molecule has 0 aliphatic carbocycles. The number of rotatable bonds is 4. The number of likely N-dealkylation sites (tertiary alicyclic amines) is 1. The smallest absolute Gasteiger partial charge is 0.134 e. The second kappa shape index (κ2) is 5.02. The van der Waals surface area contributed by atoms with Crippen LogP contribution in [-0.4, -0.2) is 36.1 Å². The first-order valence-electron chi connectivity index (χ1n) is 6.22. The van der Waals surface area contributed by atoms with E-state index in [0.717, 1.165) is 18.9 Å². The summed E-state index contributed by atoms with van der Waals surface area (Å²) in [5, 5.41) is 6.83. The van der Waals surface area contributed by atoms with Crippen LogP contribution in [0, 0.1) is 0 Å². The summed E-state index contributed by atoms with van der Waals surface area (Å²) < 4.78 is 1.31. The molecule has 1 saturated heterocycles. The van der Waals surface area contributed by atoms with Gasteiger partial charge in [0.05, 0.1) is 0 Å². The third-order valence-corrected chi connectivity index (χ3v) is 4.18. The Bertz CT molecular complexity index is 488. The number of nitrogens with one attached hydrogen (secondary N) is 1. The predicted molar refractivity (Wildman–Crippen MR) is 73.8 cm³/mol. The lowest BCUT2D eigenvalue weighted by molar-refractivity contribution is 0.352. The van der Waals surface area contributed by atoms with E-state index < -0.39 is 0 Å². The van der Waals surface area contributed by atoms with E-state index in [4.69, 9.17) is 0 Å². The van der Waals surface area contributed by atoms with Crippen LogP contribution in [0.3, 0.4) is 0 Å². The monoisotopic (exact) mass is 247 g/mol. The zero-order valence-electron chi connectivity index (χ0n) is 9.85. The van der Waals surface area contributed by atoms with Crippen LogP contribution in [0.1, 0.15) is 12.8 Å². The number of aromatic nitrogens is 1. The molecule has 3 rings (SSSR count). The third-order valence-electron chi connectivity index (χ3n) is 3.30. The van der Waals surface area contributed by atoms with Crippen LogP contribution >= 0.6 is 11.3 Å². The SMILES string of the molecule is c1cc2sccc2c(NCCN2CCCC2)n1. The van der Waals surface area contributed by atoms with Crippen molar-refractivity contribution < 1.29 is 0 Å². The molecule has 0 atom stereocenters. The standard InChI is InChI=1S/C13H17N3S/c1-2-8-16(7-1)9-6-15-13-11-4-10-17-12(11)3-5-14-13/h3-5,10H,1-2,6-9H2,(H,14,15). The molecule has 90 valence electrons. The Kier molecular flexibility index (Phi) is 3.25. The largest absolute Gasteiger partial charge is 0.368 e. The molecule has 4 heteroatoms. The summed E-state index contributed by atoms with van der Waals surface area (Å²) in [5.74, 6) is 1.03. The molecule has 0 saturated carbocycles. The van der Waals surface area contributed by atoms with E-state index in [0.29, 0.717) is 0 Å². The number of fused-ring (bicyclic) bond motifs is 1. The van der Waals surface area contributed by atoms with Crippen molar-refractivity contribution >= 4 is 27.2 Å². The summed E-state index contributed by atoms with van der Waals surface area (Å²) in [7, 11) is 0. The highest BCUT2D eigenvalue weighted by molar-refractivity contribution is 7.17. The van der Waals surface area contributed by atoms with E-state index >= 15 is 0 Å². The van der Waals surface area contributed by atoms with Crippen molar-refractivity contribution in [2.75, 3.05) is 31.5 Å². The molecule has 1 aliphatic rings. The van der Waals surface area contributed by atoms with Gasteiger partial charge in [0.15, 0.2) is 0 Å². The summed E-state index contributed by atoms with van der Waals surface area (Å²) >= 11 is 1.77. The van der Waals surface area contributed by atoms with Crippen molar-refractivity contribution in [2.24, 2.45) is 0 Å². The van der Waals surface area contributed by atoms with E-state index in [2.05, 4.69) is 32.7 Å². The van der Waals surface area contributed by atoms with Crippen molar-refractivity contribution in [3.63, 3.8) is 0 Å². The van der Waals surface area contributed by atoms with E-state index in [1.165, 1.54) is 36.0 Å². The maximum absolute atomic E-state index is 4.42. The van der Waals surface area contributed by atoms with Gasteiger partial charge < -0.3 is 10.2 Å². The van der Waals surface area contributed by atoms with Gasteiger partial charge >= 0.3 is 0 Å². The van der Waals surface area contributed by atoms with Crippen molar-refractivity contribution in [1.29, 1.82) is 0 Å². The molecule has 2 aromatic heterocycles. The van der Waals surface area contributed by atoms with Gasteiger partial charge in [-0.1, -0.05) is 0 Å². The van der Waals surface area contributed by atoms with E-state index in [1.54, 1.807) is 11.3 Å². The number of anilines is 1. The molecule has 1 fully saturated rings. The summed E-state index contributed by atoms with van der Waals surface area (Å²) in [6, 6.07) is 4.22. The van der Waals surface area contributed by atoms with Crippen LogP contribution in [0.15, 0.2) is 23.7 Å². The highest BCUT2D eigenvalue weighted by Crippen LogP contribution is 2.25. The predicted octanol–water partition coefficient (Wildman–Crippen LogP) is 2.80. The first-order valence-corrected chi connectivity index (χ1v) is 7.10. The number of hydrogen-bond acceptors (Lipinski definition) is 4. The highest BCUT2D eigenvalue weighted by Gasteiger charge is 2.10. The lowest BCUT2D eigenvalue weighted by atomic mass is 10.3. The van der Waals surface area contributed by atoms with E-state index in [9.17, 15) is 0 Å². The van der Waals surface area contributed by atoms with Gasteiger partial charge in [-0.3, -0.25) is 0 Å². The van der Waals surface area contributed by atoms with Crippen molar-refractivity contribution in [3.05, 3.63) is 23.7 Å². The summed E-state index contributed by atoms with van der Waals surface area (Å²) in [6.07, 6.45) is 4.60. The lowest BCUT2D eigenvalue weighted by Gasteiger charge is -2.15. The maximum Gasteiger partial charge on any atom is 0.134 e. The number of pyridine rings is 1. The first kappa shape index (κ1) is 11.0. The lowest BCUT2D eigenvalue weighted by Crippen LogP contribution is -2.26. The van der Waals surface area contributed by atoms with Crippen LogP contribution in [-0.2, 0) is 0 Å². The Morgan fingerprint density at radius 3 is 3.06 bits per heavy atom. The van der Waals surface area contributed by atoms with Crippen molar-refractivity contribution in [3.8, 4) is 0 Å². The van der Waals surface area contributed by atoms with Crippen molar-refractivity contribution in [2.45, 2.75) is 12.8 Å². The minimum Gasteiger partial charge on any atom is -0.368 e. The van der Waals surface area contributed by atoms with Gasteiger partial charge in [0.2, 0.25) is 0 Å². The number of hydrogen-bond donors (Lipinski definition) is 1. The Hall–Kier alpha value is -1.13. The minimum absolute atomic E-state index is 0.988. The molecule has 0 aromatic carbocycles. The molecule has 3 heterocycles. The molecule has 0 spiro atoms. The number of nitrogens with zero attached hydrogens (tertiary/aromatic N) is 2. The molecule has 0 amide bonds. The fourth-order valence-corrected chi connectivity index (χ4v) is 3.16. The second-order valence-electron chi connectivity index (χ2n) is 4.47. The fraction of sp³-hybridized carbons (Fsp3) is 0.462. The Balaban J connectivity index is 1.62. The van der Waals surface area contributed by atoms with E-state index in [-0.39, 0.29) is 0 Å². The summed E-state index contributed by atoms with van der Waals surface area (Å²) in [6.45, 7) is 4.64. The van der Waals surface area contributed by atoms with Gasteiger partial charge in [0, 0.05) is 29.4 Å². The van der Waals surface area contributed by atoms with E-state index in [1.807, 2.05) is 6.20 Å². The van der Waals surface area contributed by atoms with Gasteiger partial charge in [-0.05, 0) is 43.4 Å². The van der Waals surface area contributed by atoms with Gasteiger partial charge in [-0.25, -0.2) is 4.98 Å². The summed E-state index contributed by atoms with van der Waals surface area (Å²) in [5.41, 5.74) is 0. The normalized spacial score (nSPS) is 16.7. The summed E-state index contributed by atoms with van der Waals surface area (Å²) in [4.78, 5) is 6.93. The molecule has 0 unspecified atom stereocenters. The molecule has 0 radical (unpaired) electrons. The first-order chi connectivity index (χ1) is 8.43. The molecule has 0 bridgehead atoms. The third kappa shape index (κ3) is 2.42. The van der Waals surface area contributed by atoms with Gasteiger partial charge in [-0.15, -0.1) is 11.3 Å². The quantitative estimate of drug-likeness (QED) is 0.900. The number of thiophene rings is 1. The molecular weight excluding hydrogens is 230 g/mol. The Labute approximate surface area is 105 Å². The van der Waals surface area contributed by atoms with Gasteiger partial charge in [0.25, 0.3) is 0 Å². The van der Waals surface area contributed by atoms with Crippen LogP contribution in [0.5, 0.6) is 0 Å². The van der Waals surface area contributed by atoms with Gasteiger partial charge in [0.1, 0.15) is 5.82 Å². The second-order valence-corrected chi connectivity index (χ2v) is 5.42. The fourth-order valence-electron chi connectivity index (χ4n) is 2.37. The topological polar surface area (TPSA) is 28.2 Å². The average Bonchev–Trinajstić information content (AvgIpc) is 2.99. The van der Waals surface area contributed by atoms with Crippen LogP contribution < -0.4 is 5.32 Å². The molecule has 3 nitrogen and oxygen atoms in total. The van der Waals surface area contributed by atoms with Crippen LogP contribution in [0.2, 0.25) is 0 Å². The molecular formula is C13H17N3S. The van der Waals surface area contributed by atoms with Crippen LogP contribution in [0.25, 0.3) is 10.1 Å². The molecule has 2 aromatic rings.